The van der Waals surface area contributed by atoms with Crippen LogP contribution in [0.1, 0.15) is 23.2 Å². The Morgan fingerprint density at radius 3 is 2.72 bits per heavy atom. The predicted octanol–water partition coefficient (Wildman–Crippen LogP) is 2.38. The molecule has 2 aromatic carbocycles. The molecule has 25 heavy (non-hydrogen) atoms. The van der Waals surface area contributed by atoms with Crippen LogP contribution >= 0.6 is 11.7 Å². The molecule has 0 unspecified atom stereocenters. The third-order valence-corrected chi connectivity index (χ3v) is 5.78. The van der Waals surface area contributed by atoms with E-state index in [2.05, 4.69) is 18.8 Å². The maximum Gasteiger partial charge on any atom is 0.264 e. The summed E-state index contributed by atoms with van der Waals surface area (Å²) >= 11 is 0.962. The fourth-order valence-electron chi connectivity index (χ4n) is 2.43. The van der Waals surface area contributed by atoms with Gasteiger partial charge in [0.15, 0.2) is 0 Å². The number of nitrogens with one attached hydrogen (secondary N) is 2. The number of nitrogens with zero attached hydrogens (tertiary/aromatic N) is 2. The zero-order valence-electron chi connectivity index (χ0n) is 13.0. The number of hydrogen-bond donors (Lipinski definition) is 2. The molecule has 1 fully saturated rings. The lowest BCUT2D eigenvalue weighted by Crippen LogP contribution is -2.25. The van der Waals surface area contributed by atoms with Gasteiger partial charge in [-0.1, -0.05) is 12.1 Å². The van der Waals surface area contributed by atoms with Gasteiger partial charge in [-0.3, -0.25) is 9.52 Å². The molecule has 9 heteroatoms. The van der Waals surface area contributed by atoms with Crippen molar-refractivity contribution in [1.82, 2.24) is 14.1 Å². The van der Waals surface area contributed by atoms with E-state index < -0.39 is 10.0 Å². The first-order valence-corrected chi connectivity index (χ1v) is 9.89. The summed E-state index contributed by atoms with van der Waals surface area (Å²) in [5.41, 5.74) is 1.61. The molecule has 0 atom stereocenters. The molecule has 2 N–H and O–H groups in total. The molecule has 1 heterocycles. The summed E-state index contributed by atoms with van der Waals surface area (Å²) in [7, 11) is -3.84. The van der Waals surface area contributed by atoms with Crippen molar-refractivity contribution in [2.45, 2.75) is 23.8 Å². The van der Waals surface area contributed by atoms with Gasteiger partial charge in [0.25, 0.3) is 15.9 Å². The first-order valence-electron chi connectivity index (χ1n) is 7.68. The molecular weight excluding hydrogens is 360 g/mol. The summed E-state index contributed by atoms with van der Waals surface area (Å²) in [5.74, 6) is -0.200. The zero-order chi connectivity index (χ0) is 17.4. The van der Waals surface area contributed by atoms with Crippen molar-refractivity contribution in [3.05, 3.63) is 48.0 Å². The average Bonchev–Trinajstić information content (AvgIpc) is 3.27. The van der Waals surface area contributed by atoms with Gasteiger partial charge in [-0.2, -0.15) is 8.75 Å². The van der Waals surface area contributed by atoms with Crippen LogP contribution in [0.15, 0.2) is 47.4 Å². The summed E-state index contributed by atoms with van der Waals surface area (Å²) in [6.45, 7) is 0. The predicted molar refractivity (Wildman–Crippen MR) is 95.2 cm³/mol. The number of rotatable bonds is 5. The highest BCUT2D eigenvalue weighted by Crippen LogP contribution is 2.24. The summed E-state index contributed by atoms with van der Waals surface area (Å²) in [5, 5.41) is 2.88. The minimum atomic E-state index is -3.84. The number of carbonyl (C=O) groups excluding carboxylic acids is 1. The van der Waals surface area contributed by atoms with Crippen LogP contribution in [-0.4, -0.2) is 29.1 Å². The van der Waals surface area contributed by atoms with E-state index in [1.54, 1.807) is 30.3 Å². The monoisotopic (exact) mass is 374 g/mol. The van der Waals surface area contributed by atoms with Gasteiger partial charge in [0.1, 0.15) is 15.9 Å². The van der Waals surface area contributed by atoms with Crippen molar-refractivity contribution in [3.63, 3.8) is 0 Å². The van der Waals surface area contributed by atoms with Crippen LogP contribution in [0.25, 0.3) is 11.0 Å². The number of amides is 1. The molecule has 7 nitrogen and oxygen atoms in total. The third-order valence-electron chi connectivity index (χ3n) is 3.83. The second-order valence-corrected chi connectivity index (χ2v) is 8.00. The highest BCUT2D eigenvalue weighted by molar-refractivity contribution is 7.93. The topological polar surface area (TPSA) is 101 Å². The van der Waals surface area contributed by atoms with Crippen molar-refractivity contribution in [3.8, 4) is 0 Å². The SMILES string of the molecule is O=C(NC1CC1)c1cccc(NS(=O)(=O)c2cccc3nsnc23)c1. The van der Waals surface area contributed by atoms with Crippen LogP contribution < -0.4 is 10.0 Å². The lowest BCUT2D eigenvalue weighted by Gasteiger charge is -2.10. The molecule has 1 aliphatic rings. The zero-order valence-corrected chi connectivity index (χ0v) is 14.6. The van der Waals surface area contributed by atoms with Gasteiger partial charge in [-0.05, 0) is 43.2 Å². The van der Waals surface area contributed by atoms with E-state index in [1.807, 2.05) is 0 Å². The summed E-state index contributed by atoms with van der Waals surface area (Å²) in [6.07, 6.45) is 1.98. The van der Waals surface area contributed by atoms with Crippen LogP contribution in [0.2, 0.25) is 0 Å². The first-order chi connectivity index (χ1) is 12.0. The Morgan fingerprint density at radius 2 is 1.92 bits per heavy atom. The van der Waals surface area contributed by atoms with Crippen LogP contribution in [0, 0.1) is 0 Å². The highest BCUT2D eigenvalue weighted by Gasteiger charge is 2.24. The van der Waals surface area contributed by atoms with Crippen molar-refractivity contribution < 1.29 is 13.2 Å². The van der Waals surface area contributed by atoms with E-state index in [1.165, 1.54) is 12.1 Å². The minimum absolute atomic E-state index is 0.0617. The Labute approximate surface area is 148 Å². The molecule has 128 valence electrons. The molecule has 3 aromatic rings. The Bertz CT molecular complexity index is 1060. The number of aromatic nitrogens is 2. The number of benzene rings is 2. The Kier molecular flexibility index (Phi) is 3.89. The standard InChI is InChI=1S/C16H14N4O3S2/c21-16(17-11-7-8-11)10-3-1-4-12(9-10)20-25(22,23)14-6-2-5-13-15(14)19-24-18-13/h1-6,9,11,20H,7-8H2,(H,17,21). The normalized spacial score (nSPS) is 14.4. The quantitative estimate of drug-likeness (QED) is 0.714. The van der Waals surface area contributed by atoms with Crippen molar-refractivity contribution in [2.24, 2.45) is 0 Å². The van der Waals surface area contributed by atoms with Gasteiger partial charge < -0.3 is 5.32 Å². The lowest BCUT2D eigenvalue weighted by molar-refractivity contribution is 0.0951. The van der Waals surface area contributed by atoms with Crippen LogP contribution in [0.5, 0.6) is 0 Å². The van der Waals surface area contributed by atoms with Gasteiger partial charge >= 0.3 is 0 Å². The third kappa shape index (κ3) is 3.33. The van der Waals surface area contributed by atoms with Gasteiger partial charge in [0, 0.05) is 17.3 Å². The number of carbonyl (C=O) groups is 1. The fourth-order valence-corrected chi connectivity index (χ4v) is 4.25. The molecule has 0 spiro atoms. The van der Waals surface area contributed by atoms with E-state index in [4.69, 9.17) is 0 Å². The van der Waals surface area contributed by atoms with Crippen LogP contribution in [0.3, 0.4) is 0 Å². The largest absolute Gasteiger partial charge is 0.349 e. The van der Waals surface area contributed by atoms with E-state index in [-0.39, 0.29) is 16.8 Å². The Balaban J connectivity index is 1.62. The maximum absolute atomic E-state index is 12.7. The second-order valence-electron chi connectivity index (χ2n) is 5.82. The molecule has 0 saturated heterocycles. The van der Waals surface area contributed by atoms with E-state index in [9.17, 15) is 13.2 Å². The molecule has 1 aromatic heterocycles. The molecular formula is C16H14N4O3S2. The van der Waals surface area contributed by atoms with E-state index in [0.29, 0.717) is 22.3 Å². The lowest BCUT2D eigenvalue weighted by atomic mass is 10.2. The van der Waals surface area contributed by atoms with Gasteiger partial charge in [0.05, 0.1) is 11.7 Å². The number of sulfonamides is 1. The smallest absolute Gasteiger partial charge is 0.264 e. The fraction of sp³-hybridized carbons (Fsp3) is 0.188. The van der Waals surface area contributed by atoms with Gasteiger partial charge in [-0.25, -0.2) is 8.42 Å². The first kappa shape index (κ1) is 16.0. The Morgan fingerprint density at radius 1 is 1.12 bits per heavy atom. The molecule has 1 aliphatic carbocycles. The molecule has 0 bridgehead atoms. The van der Waals surface area contributed by atoms with E-state index >= 15 is 0 Å². The summed E-state index contributed by atoms with van der Waals surface area (Å²) in [6, 6.07) is 11.5. The molecule has 0 aliphatic heterocycles. The van der Waals surface area contributed by atoms with Gasteiger partial charge in [-0.15, -0.1) is 0 Å². The van der Waals surface area contributed by atoms with Crippen molar-refractivity contribution in [2.75, 3.05) is 4.72 Å². The van der Waals surface area contributed by atoms with Crippen molar-refractivity contribution >= 4 is 44.4 Å². The number of anilines is 1. The molecule has 1 saturated carbocycles. The average molecular weight is 374 g/mol. The maximum atomic E-state index is 12.7. The molecule has 0 radical (unpaired) electrons. The summed E-state index contributed by atoms with van der Waals surface area (Å²) in [4.78, 5) is 12.2. The van der Waals surface area contributed by atoms with E-state index in [0.717, 1.165) is 24.6 Å². The highest BCUT2D eigenvalue weighted by atomic mass is 32.2. The van der Waals surface area contributed by atoms with Crippen LogP contribution in [0.4, 0.5) is 5.69 Å². The number of fused-ring (bicyclic) bond motifs is 1. The molecule has 4 rings (SSSR count). The van der Waals surface area contributed by atoms with Crippen LogP contribution in [-0.2, 0) is 10.0 Å². The summed E-state index contributed by atoms with van der Waals surface area (Å²) < 4.78 is 36.0. The second kappa shape index (κ2) is 6.08. The molecule has 1 amide bonds. The minimum Gasteiger partial charge on any atom is -0.349 e. The van der Waals surface area contributed by atoms with Gasteiger partial charge in [0.2, 0.25) is 0 Å². The number of hydrogen-bond acceptors (Lipinski definition) is 6. The Hall–Kier alpha value is -2.52. The van der Waals surface area contributed by atoms with Crippen molar-refractivity contribution in [1.29, 1.82) is 0 Å².